The lowest BCUT2D eigenvalue weighted by molar-refractivity contribution is 0.102. The molecule has 7 heteroatoms. The van der Waals surface area contributed by atoms with Crippen molar-refractivity contribution in [3.05, 3.63) is 53.2 Å². The van der Waals surface area contributed by atoms with Crippen molar-refractivity contribution < 1.29 is 4.79 Å². The quantitative estimate of drug-likeness (QED) is 0.785. The molecule has 0 aromatic carbocycles. The van der Waals surface area contributed by atoms with Crippen molar-refractivity contribution in [3.8, 4) is 0 Å². The first kappa shape index (κ1) is 12.6. The predicted octanol–water partition coefficient (Wildman–Crippen LogP) is 2.34. The highest BCUT2D eigenvalue weighted by Crippen LogP contribution is 2.12. The minimum absolute atomic E-state index is 0.205. The number of amides is 1. The molecule has 3 rings (SSSR count). The van der Waals surface area contributed by atoms with Crippen LogP contribution in [0.2, 0.25) is 5.15 Å². The van der Waals surface area contributed by atoms with E-state index >= 15 is 0 Å². The van der Waals surface area contributed by atoms with Crippen molar-refractivity contribution in [3.63, 3.8) is 0 Å². The molecule has 0 aliphatic heterocycles. The molecule has 3 aromatic rings. The third-order valence-corrected chi connectivity index (χ3v) is 2.90. The van der Waals surface area contributed by atoms with Crippen LogP contribution in [0.1, 0.15) is 16.2 Å². The van der Waals surface area contributed by atoms with E-state index in [2.05, 4.69) is 20.5 Å². The Morgan fingerprint density at radius 3 is 2.80 bits per heavy atom. The fourth-order valence-electron chi connectivity index (χ4n) is 1.82. The Balaban J connectivity index is 1.84. The van der Waals surface area contributed by atoms with Crippen LogP contribution in [0.25, 0.3) is 5.65 Å². The largest absolute Gasteiger partial charge is 0.319 e. The minimum atomic E-state index is -0.342. The summed E-state index contributed by atoms with van der Waals surface area (Å²) >= 11 is 5.63. The number of fused-ring (bicyclic) bond motifs is 1. The Kier molecular flexibility index (Phi) is 3.08. The lowest BCUT2D eigenvalue weighted by atomic mass is 10.3. The number of carbonyl (C=O) groups excluding carboxylic acids is 1. The third-order valence-electron chi connectivity index (χ3n) is 2.69. The van der Waals surface area contributed by atoms with E-state index in [1.807, 2.05) is 23.6 Å². The van der Waals surface area contributed by atoms with Crippen molar-refractivity contribution >= 4 is 28.8 Å². The van der Waals surface area contributed by atoms with Gasteiger partial charge < -0.3 is 9.72 Å². The van der Waals surface area contributed by atoms with Crippen molar-refractivity contribution in [1.82, 2.24) is 19.6 Å². The summed E-state index contributed by atoms with van der Waals surface area (Å²) in [5.74, 6) is -0.342. The molecule has 0 aliphatic carbocycles. The zero-order chi connectivity index (χ0) is 14.1. The highest BCUT2D eigenvalue weighted by molar-refractivity contribution is 6.29. The van der Waals surface area contributed by atoms with Gasteiger partial charge in [0.2, 0.25) is 0 Å². The van der Waals surface area contributed by atoms with E-state index in [0.717, 1.165) is 11.3 Å². The molecule has 0 saturated carbocycles. The number of hydrogen-bond donors (Lipinski definition) is 1. The molecule has 0 spiro atoms. The fourth-order valence-corrected chi connectivity index (χ4v) is 1.93. The van der Waals surface area contributed by atoms with Gasteiger partial charge in [-0.3, -0.25) is 4.79 Å². The Labute approximate surface area is 119 Å². The number of hydrogen-bond acceptors (Lipinski definition) is 4. The summed E-state index contributed by atoms with van der Waals surface area (Å²) in [6.45, 7) is 1.91. The standard InChI is InChI=1S/C13H10ClN5O/c1-8-6-19-7-9(2-5-12(19)15-8)16-13(20)10-3-4-11(14)18-17-10/h2-7H,1H3,(H,16,20). The summed E-state index contributed by atoms with van der Waals surface area (Å²) < 4.78 is 1.85. The molecule has 6 nitrogen and oxygen atoms in total. The molecular weight excluding hydrogens is 278 g/mol. The van der Waals surface area contributed by atoms with E-state index in [1.54, 1.807) is 12.3 Å². The number of nitrogens with one attached hydrogen (secondary N) is 1. The van der Waals surface area contributed by atoms with Crippen LogP contribution in [-0.2, 0) is 0 Å². The first-order chi connectivity index (χ1) is 9.61. The second kappa shape index (κ2) is 4.90. The second-order valence-electron chi connectivity index (χ2n) is 4.26. The molecule has 1 N–H and O–H groups in total. The topological polar surface area (TPSA) is 72.2 Å². The van der Waals surface area contributed by atoms with Gasteiger partial charge in [0.1, 0.15) is 5.65 Å². The predicted molar refractivity (Wildman–Crippen MR) is 74.9 cm³/mol. The van der Waals surface area contributed by atoms with Crippen molar-refractivity contribution in [1.29, 1.82) is 0 Å². The monoisotopic (exact) mass is 287 g/mol. The zero-order valence-electron chi connectivity index (χ0n) is 10.5. The summed E-state index contributed by atoms with van der Waals surface area (Å²) in [6, 6.07) is 6.65. The van der Waals surface area contributed by atoms with E-state index in [-0.39, 0.29) is 16.8 Å². The molecule has 100 valence electrons. The van der Waals surface area contributed by atoms with Crippen molar-refractivity contribution in [2.45, 2.75) is 6.92 Å². The first-order valence-electron chi connectivity index (χ1n) is 5.88. The molecule has 0 saturated heterocycles. The number of anilines is 1. The number of halogens is 1. The average Bonchev–Trinajstić information content (AvgIpc) is 2.78. The Hall–Kier alpha value is -2.47. The zero-order valence-corrected chi connectivity index (χ0v) is 11.3. The molecular formula is C13H10ClN5O. The van der Waals surface area contributed by atoms with Crippen LogP contribution in [0, 0.1) is 6.92 Å². The summed E-state index contributed by atoms with van der Waals surface area (Å²) in [4.78, 5) is 16.3. The normalized spacial score (nSPS) is 10.7. The highest BCUT2D eigenvalue weighted by atomic mass is 35.5. The second-order valence-corrected chi connectivity index (χ2v) is 4.65. The van der Waals surface area contributed by atoms with Gasteiger partial charge in [0.15, 0.2) is 10.8 Å². The van der Waals surface area contributed by atoms with Gasteiger partial charge in [-0.15, -0.1) is 10.2 Å². The maximum atomic E-state index is 12.0. The highest BCUT2D eigenvalue weighted by Gasteiger charge is 2.09. The van der Waals surface area contributed by atoms with Gasteiger partial charge in [0.25, 0.3) is 5.91 Å². The van der Waals surface area contributed by atoms with Gasteiger partial charge in [-0.25, -0.2) is 4.98 Å². The SMILES string of the molecule is Cc1cn2cc(NC(=O)c3ccc(Cl)nn3)ccc2n1. The number of aryl methyl sites for hydroxylation is 1. The summed E-state index contributed by atoms with van der Waals surface area (Å²) in [6.07, 6.45) is 3.67. The molecule has 0 fully saturated rings. The van der Waals surface area contributed by atoms with E-state index < -0.39 is 0 Å². The molecule has 0 radical (unpaired) electrons. The number of pyridine rings is 1. The molecule has 1 amide bonds. The average molecular weight is 288 g/mol. The van der Waals surface area contributed by atoms with Crippen molar-refractivity contribution in [2.24, 2.45) is 0 Å². The third kappa shape index (κ3) is 2.46. The van der Waals surface area contributed by atoms with E-state index in [0.29, 0.717) is 5.69 Å². The van der Waals surface area contributed by atoms with Crippen LogP contribution in [0.4, 0.5) is 5.69 Å². The summed E-state index contributed by atoms with van der Waals surface area (Å²) in [5, 5.41) is 10.4. The van der Waals surface area contributed by atoms with Crippen LogP contribution in [-0.4, -0.2) is 25.5 Å². The van der Waals surface area contributed by atoms with Gasteiger partial charge >= 0.3 is 0 Å². The Bertz CT molecular complexity index is 781. The smallest absolute Gasteiger partial charge is 0.276 e. The van der Waals surface area contributed by atoms with Crippen LogP contribution < -0.4 is 5.32 Å². The number of aromatic nitrogens is 4. The van der Waals surface area contributed by atoms with Gasteiger partial charge in [-0.1, -0.05) is 11.6 Å². The van der Waals surface area contributed by atoms with Crippen LogP contribution in [0.15, 0.2) is 36.7 Å². The Morgan fingerprint density at radius 2 is 2.05 bits per heavy atom. The summed E-state index contributed by atoms with van der Waals surface area (Å²) in [5.41, 5.74) is 2.59. The number of imidazole rings is 1. The van der Waals surface area contributed by atoms with Crippen LogP contribution in [0.5, 0.6) is 0 Å². The number of rotatable bonds is 2. The number of nitrogens with zero attached hydrogens (tertiary/aromatic N) is 4. The molecule has 0 unspecified atom stereocenters. The first-order valence-corrected chi connectivity index (χ1v) is 6.25. The van der Waals surface area contributed by atoms with E-state index in [4.69, 9.17) is 11.6 Å². The fraction of sp³-hybridized carbons (Fsp3) is 0.0769. The molecule has 3 aromatic heterocycles. The molecule has 3 heterocycles. The van der Waals surface area contributed by atoms with Crippen LogP contribution >= 0.6 is 11.6 Å². The van der Waals surface area contributed by atoms with Gasteiger partial charge in [-0.2, -0.15) is 0 Å². The number of carbonyl (C=O) groups is 1. The molecule has 0 bridgehead atoms. The van der Waals surface area contributed by atoms with E-state index in [1.165, 1.54) is 12.1 Å². The van der Waals surface area contributed by atoms with Crippen molar-refractivity contribution in [2.75, 3.05) is 5.32 Å². The Morgan fingerprint density at radius 1 is 1.20 bits per heavy atom. The lowest BCUT2D eigenvalue weighted by Gasteiger charge is -2.04. The van der Waals surface area contributed by atoms with E-state index in [9.17, 15) is 4.79 Å². The molecule has 0 aliphatic rings. The molecule has 20 heavy (non-hydrogen) atoms. The minimum Gasteiger partial charge on any atom is -0.319 e. The maximum Gasteiger partial charge on any atom is 0.276 e. The maximum absolute atomic E-state index is 12.0. The van der Waals surface area contributed by atoms with Gasteiger partial charge in [0.05, 0.1) is 11.4 Å². The summed E-state index contributed by atoms with van der Waals surface area (Å²) in [7, 11) is 0. The van der Waals surface area contributed by atoms with Gasteiger partial charge in [-0.05, 0) is 31.2 Å². The van der Waals surface area contributed by atoms with Crippen LogP contribution in [0.3, 0.4) is 0 Å². The van der Waals surface area contributed by atoms with Gasteiger partial charge in [0, 0.05) is 12.4 Å². The molecule has 0 atom stereocenters. The lowest BCUT2D eigenvalue weighted by Crippen LogP contribution is -2.14.